The minimum Gasteiger partial charge on any atom is -0.444 e. The standard InChI is InChI=1S/C9H19NO3.C9H17NO3/c2*1-5-7(11)6-10-8(12)13-9(2,3)4/h7,11H,5-6H2,1-4H3,(H,10,12);5-6H2,1-4H3,(H,10,12). The number of nitrogens with one attached hydrogen (secondary N) is 2. The number of ketones is 1. The van der Waals surface area contributed by atoms with Gasteiger partial charge in [0.05, 0.1) is 12.6 Å². The summed E-state index contributed by atoms with van der Waals surface area (Å²) in [5.41, 5.74) is -0.999. The Balaban J connectivity index is 0. The van der Waals surface area contributed by atoms with Gasteiger partial charge in [0.25, 0.3) is 0 Å². The van der Waals surface area contributed by atoms with E-state index in [9.17, 15) is 14.4 Å². The van der Waals surface area contributed by atoms with Crippen LogP contribution in [0.25, 0.3) is 0 Å². The average molecular weight is 376 g/mol. The number of carbonyl (C=O) groups excluding carboxylic acids is 3. The maximum absolute atomic E-state index is 11.0. The Morgan fingerprint density at radius 2 is 1.31 bits per heavy atom. The first-order chi connectivity index (χ1) is 11.7. The molecule has 0 radical (unpaired) electrons. The zero-order valence-electron chi connectivity index (χ0n) is 17.4. The fourth-order valence-electron chi connectivity index (χ4n) is 1.27. The molecule has 26 heavy (non-hydrogen) atoms. The molecule has 0 saturated carbocycles. The Bertz CT molecular complexity index is 438. The second-order valence-corrected chi connectivity index (χ2v) is 7.69. The summed E-state index contributed by atoms with van der Waals surface area (Å²) in [5, 5.41) is 14.0. The van der Waals surface area contributed by atoms with Crippen molar-refractivity contribution in [1.82, 2.24) is 10.6 Å². The van der Waals surface area contributed by atoms with Crippen LogP contribution in [0.3, 0.4) is 0 Å². The zero-order chi connectivity index (χ0) is 21.0. The molecule has 3 N–H and O–H groups in total. The molecule has 0 aliphatic carbocycles. The van der Waals surface area contributed by atoms with Gasteiger partial charge in [0.15, 0.2) is 5.78 Å². The molecule has 8 nitrogen and oxygen atoms in total. The lowest BCUT2D eigenvalue weighted by Crippen LogP contribution is -2.36. The first kappa shape index (κ1) is 26.4. The normalized spacial score (nSPS) is 12.2. The number of carbonyl (C=O) groups is 3. The molecule has 0 spiro atoms. The van der Waals surface area contributed by atoms with E-state index < -0.39 is 29.5 Å². The van der Waals surface area contributed by atoms with Crippen LogP contribution in [0.4, 0.5) is 9.59 Å². The number of ether oxygens (including phenoxy) is 2. The van der Waals surface area contributed by atoms with Gasteiger partial charge in [-0.2, -0.15) is 0 Å². The van der Waals surface area contributed by atoms with Crippen LogP contribution in [0.1, 0.15) is 68.2 Å². The van der Waals surface area contributed by atoms with Gasteiger partial charge in [-0.15, -0.1) is 0 Å². The second-order valence-electron chi connectivity index (χ2n) is 7.69. The lowest BCUT2D eigenvalue weighted by atomic mass is 10.2. The Hall–Kier alpha value is -1.83. The molecule has 0 aliphatic heterocycles. The molecule has 2 amide bonds. The number of rotatable bonds is 6. The van der Waals surface area contributed by atoms with Crippen LogP contribution in [-0.2, 0) is 14.3 Å². The van der Waals surface area contributed by atoms with E-state index >= 15 is 0 Å². The Kier molecular flexibility index (Phi) is 12.7. The molecule has 0 rings (SSSR count). The van der Waals surface area contributed by atoms with Crippen LogP contribution in [0.15, 0.2) is 0 Å². The van der Waals surface area contributed by atoms with E-state index in [0.29, 0.717) is 12.8 Å². The predicted molar refractivity (Wildman–Crippen MR) is 100 cm³/mol. The number of amides is 2. The minimum atomic E-state index is -0.547. The van der Waals surface area contributed by atoms with Gasteiger partial charge in [-0.05, 0) is 48.0 Å². The van der Waals surface area contributed by atoms with Crippen LogP contribution in [0.5, 0.6) is 0 Å². The minimum absolute atomic E-state index is 0.00846. The number of hydrogen-bond donors (Lipinski definition) is 3. The summed E-state index contributed by atoms with van der Waals surface area (Å²) in [6.07, 6.45) is -0.479. The molecule has 1 atom stereocenters. The van der Waals surface area contributed by atoms with Gasteiger partial charge in [0.2, 0.25) is 0 Å². The van der Waals surface area contributed by atoms with Crippen LogP contribution >= 0.6 is 0 Å². The topological polar surface area (TPSA) is 114 Å². The van der Waals surface area contributed by atoms with Crippen molar-refractivity contribution < 1.29 is 29.0 Å². The highest BCUT2D eigenvalue weighted by Crippen LogP contribution is 2.06. The summed E-state index contributed by atoms with van der Waals surface area (Å²) in [5.74, 6) is -0.00846. The van der Waals surface area contributed by atoms with Gasteiger partial charge >= 0.3 is 12.2 Å². The monoisotopic (exact) mass is 376 g/mol. The highest BCUT2D eigenvalue weighted by atomic mass is 16.6. The van der Waals surface area contributed by atoms with Gasteiger partial charge in [0, 0.05) is 13.0 Å². The second kappa shape index (κ2) is 12.5. The first-order valence-electron chi connectivity index (χ1n) is 8.83. The van der Waals surface area contributed by atoms with Gasteiger partial charge in [-0.25, -0.2) is 9.59 Å². The van der Waals surface area contributed by atoms with Crippen LogP contribution < -0.4 is 10.6 Å². The van der Waals surface area contributed by atoms with Gasteiger partial charge in [-0.1, -0.05) is 13.8 Å². The van der Waals surface area contributed by atoms with E-state index in [0.717, 1.165) is 0 Å². The maximum atomic E-state index is 11.0. The van der Waals surface area contributed by atoms with Gasteiger partial charge in [-0.3, -0.25) is 4.79 Å². The van der Waals surface area contributed by atoms with Crippen LogP contribution in [0.2, 0.25) is 0 Å². The number of Topliss-reactive ketones (excluding diaryl/α,β-unsaturated/α-hetero) is 1. The number of aliphatic hydroxyl groups excluding tert-OH is 1. The van der Waals surface area contributed by atoms with Crippen molar-refractivity contribution in [3.05, 3.63) is 0 Å². The lowest BCUT2D eigenvalue weighted by Gasteiger charge is -2.20. The highest BCUT2D eigenvalue weighted by Gasteiger charge is 2.17. The molecule has 0 aromatic heterocycles. The molecule has 8 heteroatoms. The van der Waals surface area contributed by atoms with E-state index in [-0.39, 0.29) is 18.9 Å². The fourth-order valence-corrected chi connectivity index (χ4v) is 1.27. The van der Waals surface area contributed by atoms with Crippen molar-refractivity contribution in [3.8, 4) is 0 Å². The summed E-state index contributed by atoms with van der Waals surface area (Å²) in [4.78, 5) is 32.8. The Morgan fingerprint density at radius 1 is 0.885 bits per heavy atom. The molecule has 0 aromatic rings. The Labute approximate surface area is 157 Å². The van der Waals surface area contributed by atoms with E-state index in [1.807, 2.05) is 6.92 Å². The Morgan fingerprint density at radius 3 is 1.65 bits per heavy atom. The molecule has 0 aromatic carbocycles. The van der Waals surface area contributed by atoms with Crippen molar-refractivity contribution in [2.45, 2.75) is 85.5 Å². The highest BCUT2D eigenvalue weighted by molar-refractivity contribution is 5.83. The molecule has 0 heterocycles. The molecular weight excluding hydrogens is 340 g/mol. The van der Waals surface area contributed by atoms with Crippen molar-refractivity contribution in [1.29, 1.82) is 0 Å². The first-order valence-corrected chi connectivity index (χ1v) is 8.83. The number of hydrogen-bond acceptors (Lipinski definition) is 6. The lowest BCUT2D eigenvalue weighted by molar-refractivity contribution is -0.118. The largest absolute Gasteiger partial charge is 0.444 e. The number of alkyl carbamates (subject to hydrolysis) is 2. The van der Waals surface area contributed by atoms with E-state index in [1.165, 1.54) is 0 Å². The molecule has 0 fully saturated rings. The molecule has 1 unspecified atom stereocenters. The number of aliphatic hydroxyl groups is 1. The molecule has 0 bridgehead atoms. The summed E-state index contributed by atoms with van der Waals surface area (Å²) in [6, 6.07) is 0. The summed E-state index contributed by atoms with van der Waals surface area (Å²) in [6.45, 7) is 14.6. The molecule has 0 aliphatic rings. The summed E-state index contributed by atoms with van der Waals surface area (Å²) in [7, 11) is 0. The van der Waals surface area contributed by atoms with E-state index in [2.05, 4.69) is 10.6 Å². The van der Waals surface area contributed by atoms with Crippen molar-refractivity contribution >= 4 is 18.0 Å². The third-order valence-electron chi connectivity index (χ3n) is 2.58. The smallest absolute Gasteiger partial charge is 0.408 e. The quantitative estimate of drug-likeness (QED) is 0.657. The van der Waals surface area contributed by atoms with Gasteiger partial charge < -0.3 is 25.2 Å². The third kappa shape index (κ3) is 20.2. The van der Waals surface area contributed by atoms with Crippen LogP contribution in [0, 0.1) is 0 Å². The summed E-state index contributed by atoms with van der Waals surface area (Å²) < 4.78 is 9.90. The molecular formula is C18H36N2O6. The molecule has 154 valence electrons. The van der Waals surface area contributed by atoms with Crippen molar-refractivity contribution in [2.24, 2.45) is 0 Å². The third-order valence-corrected chi connectivity index (χ3v) is 2.58. The average Bonchev–Trinajstić information content (AvgIpc) is 2.47. The van der Waals surface area contributed by atoms with Crippen molar-refractivity contribution in [3.63, 3.8) is 0 Å². The van der Waals surface area contributed by atoms with Crippen molar-refractivity contribution in [2.75, 3.05) is 13.1 Å². The predicted octanol–water partition coefficient (Wildman–Crippen LogP) is 2.77. The fraction of sp³-hybridized carbons (Fsp3) is 0.833. The SMILES string of the molecule is CCC(=O)CNC(=O)OC(C)(C)C.CCC(O)CNC(=O)OC(C)(C)C. The zero-order valence-corrected chi connectivity index (χ0v) is 17.4. The van der Waals surface area contributed by atoms with E-state index in [4.69, 9.17) is 14.6 Å². The maximum Gasteiger partial charge on any atom is 0.408 e. The summed E-state index contributed by atoms with van der Waals surface area (Å²) >= 11 is 0. The van der Waals surface area contributed by atoms with E-state index in [1.54, 1.807) is 48.5 Å². The molecule has 0 saturated heterocycles. The van der Waals surface area contributed by atoms with Crippen LogP contribution in [-0.4, -0.2) is 53.5 Å². The van der Waals surface area contributed by atoms with Gasteiger partial charge in [0.1, 0.15) is 11.2 Å².